The van der Waals surface area contributed by atoms with Crippen LogP contribution >= 0.6 is 0 Å². The van der Waals surface area contributed by atoms with Gasteiger partial charge >= 0.3 is 0 Å². The number of Topliss-reactive ketones (excluding diaryl/α,β-unsaturated/α-hetero) is 1. The average molecular weight is 226 g/mol. The molecule has 0 fully saturated rings. The molecule has 0 radical (unpaired) electrons. The van der Waals surface area contributed by atoms with Crippen molar-refractivity contribution in [2.24, 2.45) is 0 Å². The fourth-order valence-corrected chi connectivity index (χ4v) is 2.24. The molecule has 1 aliphatic rings. The van der Waals surface area contributed by atoms with Gasteiger partial charge in [0, 0.05) is 11.8 Å². The van der Waals surface area contributed by atoms with Crippen LogP contribution in [0.1, 0.15) is 5.56 Å². The summed E-state index contributed by atoms with van der Waals surface area (Å²) in [5.41, 5.74) is 2.83. The van der Waals surface area contributed by atoms with Crippen molar-refractivity contribution in [3.05, 3.63) is 36.0 Å². The third-order valence-electron chi connectivity index (χ3n) is 3.08. The van der Waals surface area contributed by atoms with Crippen molar-refractivity contribution in [2.75, 3.05) is 5.32 Å². The number of carbonyl (C=O) groups excluding carboxylic acids is 2. The molecule has 0 amide bonds. The summed E-state index contributed by atoms with van der Waals surface area (Å²) in [7, 11) is 0. The number of hydrogen-bond donors (Lipinski definition) is 1. The number of nitrogens with one attached hydrogen (secondary N) is 1. The number of aromatic nitrogens is 1. The van der Waals surface area contributed by atoms with Gasteiger partial charge < -0.3 is 5.32 Å². The molecule has 0 saturated carbocycles. The Morgan fingerprint density at radius 3 is 3.06 bits per heavy atom. The number of rotatable bonds is 2. The minimum atomic E-state index is -0.435. The molecule has 4 nitrogen and oxygen atoms in total. The van der Waals surface area contributed by atoms with Crippen LogP contribution in [0.2, 0.25) is 0 Å². The molecule has 1 atom stereocenters. The zero-order valence-corrected chi connectivity index (χ0v) is 9.01. The highest BCUT2D eigenvalue weighted by molar-refractivity contribution is 6.28. The van der Waals surface area contributed by atoms with Gasteiger partial charge in [0.2, 0.25) is 5.78 Å². The molecule has 4 heteroatoms. The van der Waals surface area contributed by atoms with Crippen LogP contribution < -0.4 is 5.32 Å². The molecule has 1 N–H and O–H groups in total. The summed E-state index contributed by atoms with van der Waals surface area (Å²) in [6.45, 7) is 0. The summed E-state index contributed by atoms with van der Waals surface area (Å²) in [6, 6.07) is 7.36. The number of para-hydroxylation sites is 1. The molecule has 84 valence electrons. The monoisotopic (exact) mass is 226 g/mol. The van der Waals surface area contributed by atoms with E-state index in [0.717, 1.165) is 22.2 Å². The topological polar surface area (TPSA) is 59.1 Å². The van der Waals surface area contributed by atoms with Crippen LogP contribution in [-0.4, -0.2) is 23.1 Å². The molecule has 17 heavy (non-hydrogen) atoms. The van der Waals surface area contributed by atoms with Gasteiger partial charge in [0.05, 0.1) is 23.4 Å². The molecule has 1 aromatic heterocycles. The largest absolute Gasteiger partial charge is 0.373 e. The summed E-state index contributed by atoms with van der Waals surface area (Å²) in [5, 5.41) is 4.07. The van der Waals surface area contributed by atoms with Gasteiger partial charge in [-0.3, -0.25) is 14.6 Å². The molecule has 1 unspecified atom stereocenters. The summed E-state index contributed by atoms with van der Waals surface area (Å²) in [5.74, 6) is -0.412. The minimum Gasteiger partial charge on any atom is -0.373 e. The van der Waals surface area contributed by atoms with E-state index in [1.54, 1.807) is 6.20 Å². The average Bonchev–Trinajstić information content (AvgIpc) is 2.82. The first-order valence-corrected chi connectivity index (χ1v) is 5.42. The highest BCUT2D eigenvalue weighted by Gasteiger charge is 2.27. The van der Waals surface area contributed by atoms with Crippen molar-refractivity contribution in [1.82, 2.24) is 4.98 Å². The summed E-state index contributed by atoms with van der Waals surface area (Å²) >= 11 is 0. The Morgan fingerprint density at radius 1 is 1.41 bits per heavy atom. The van der Waals surface area contributed by atoms with Gasteiger partial charge in [-0.1, -0.05) is 18.2 Å². The van der Waals surface area contributed by atoms with Gasteiger partial charge in [-0.05, 0) is 11.6 Å². The third kappa shape index (κ3) is 1.49. The fourth-order valence-electron chi connectivity index (χ4n) is 2.24. The summed E-state index contributed by atoms with van der Waals surface area (Å²) in [6.07, 6.45) is 2.64. The van der Waals surface area contributed by atoms with Crippen molar-refractivity contribution in [1.29, 1.82) is 0 Å². The molecule has 1 aliphatic heterocycles. The first-order valence-electron chi connectivity index (χ1n) is 5.42. The lowest BCUT2D eigenvalue weighted by molar-refractivity contribution is -0.130. The van der Waals surface area contributed by atoms with Crippen LogP contribution in [0, 0.1) is 0 Å². The van der Waals surface area contributed by atoms with Crippen molar-refractivity contribution < 1.29 is 9.59 Å². The Labute approximate surface area is 97.7 Å². The van der Waals surface area contributed by atoms with Crippen molar-refractivity contribution in [2.45, 2.75) is 12.5 Å². The SMILES string of the molecule is O=CC(=O)C1Cc2c(cnc3ccccc23)N1. The normalized spacial score (nSPS) is 17.5. The molecule has 0 aliphatic carbocycles. The maximum absolute atomic E-state index is 11.4. The van der Waals surface area contributed by atoms with E-state index in [1.807, 2.05) is 24.3 Å². The molecule has 3 rings (SSSR count). The van der Waals surface area contributed by atoms with E-state index in [2.05, 4.69) is 10.3 Å². The molecule has 0 spiro atoms. The smallest absolute Gasteiger partial charge is 0.217 e. The second kappa shape index (κ2) is 3.66. The highest BCUT2D eigenvalue weighted by atomic mass is 16.2. The lowest BCUT2D eigenvalue weighted by Crippen LogP contribution is -2.27. The van der Waals surface area contributed by atoms with Gasteiger partial charge in [-0.25, -0.2) is 0 Å². The standard InChI is InChI=1S/C13H10N2O2/c16-7-13(17)11-5-9-8-3-1-2-4-10(8)14-6-12(9)15-11/h1-4,6-7,11,15H,5H2. The number of hydrogen-bond acceptors (Lipinski definition) is 4. The Morgan fingerprint density at radius 2 is 2.24 bits per heavy atom. The van der Waals surface area contributed by atoms with Crippen LogP contribution in [0.3, 0.4) is 0 Å². The number of fused-ring (bicyclic) bond motifs is 3. The Balaban J connectivity index is 2.11. The second-order valence-corrected chi connectivity index (χ2v) is 4.09. The number of aldehydes is 1. The number of anilines is 1. The lowest BCUT2D eigenvalue weighted by atomic mass is 10.0. The third-order valence-corrected chi connectivity index (χ3v) is 3.08. The van der Waals surface area contributed by atoms with Crippen LogP contribution in [0.15, 0.2) is 30.5 Å². The van der Waals surface area contributed by atoms with Crippen LogP contribution in [0.25, 0.3) is 10.9 Å². The molecule has 0 bridgehead atoms. The lowest BCUT2D eigenvalue weighted by Gasteiger charge is -2.03. The van der Waals surface area contributed by atoms with Gasteiger partial charge in [-0.15, -0.1) is 0 Å². The van der Waals surface area contributed by atoms with Gasteiger partial charge in [0.1, 0.15) is 0 Å². The number of ketones is 1. The van der Waals surface area contributed by atoms with E-state index in [9.17, 15) is 9.59 Å². The maximum Gasteiger partial charge on any atom is 0.217 e. The molecule has 1 aromatic carbocycles. The van der Waals surface area contributed by atoms with Gasteiger partial charge in [0.25, 0.3) is 0 Å². The molecule has 0 saturated heterocycles. The molecular weight excluding hydrogens is 216 g/mol. The van der Waals surface area contributed by atoms with Crippen LogP contribution in [-0.2, 0) is 16.0 Å². The van der Waals surface area contributed by atoms with E-state index in [-0.39, 0.29) is 0 Å². The van der Waals surface area contributed by atoms with Gasteiger partial charge in [-0.2, -0.15) is 0 Å². The first-order chi connectivity index (χ1) is 8.29. The zero-order chi connectivity index (χ0) is 11.8. The number of benzene rings is 1. The maximum atomic E-state index is 11.4. The van der Waals surface area contributed by atoms with Crippen LogP contribution in [0.5, 0.6) is 0 Å². The first kappa shape index (κ1) is 9.96. The Bertz CT molecular complexity index is 622. The predicted octanol–water partition coefficient (Wildman–Crippen LogP) is 1.34. The van der Waals surface area contributed by atoms with Crippen molar-refractivity contribution in [3.8, 4) is 0 Å². The highest BCUT2D eigenvalue weighted by Crippen LogP contribution is 2.31. The molecular formula is C13H10N2O2. The number of carbonyl (C=O) groups is 2. The van der Waals surface area contributed by atoms with E-state index in [0.29, 0.717) is 12.7 Å². The second-order valence-electron chi connectivity index (χ2n) is 4.09. The van der Waals surface area contributed by atoms with E-state index < -0.39 is 11.8 Å². The van der Waals surface area contributed by atoms with Crippen LogP contribution in [0.4, 0.5) is 5.69 Å². The predicted molar refractivity (Wildman–Crippen MR) is 63.9 cm³/mol. The summed E-state index contributed by atoms with van der Waals surface area (Å²) in [4.78, 5) is 26.2. The fraction of sp³-hybridized carbons (Fsp3) is 0.154. The van der Waals surface area contributed by atoms with Crippen molar-refractivity contribution >= 4 is 28.7 Å². The minimum absolute atomic E-state index is 0.374. The molecule has 2 aromatic rings. The zero-order valence-electron chi connectivity index (χ0n) is 9.01. The van der Waals surface area contributed by atoms with E-state index in [4.69, 9.17) is 0 Å². The quantitative estimate of drug-likeness (QED) is 0.620. The van der Waals surface area contributed by atoms with E-state index in [1.165, 1.54) is 0 Å². The Kier molecular flexibility index (Phi) is 2.14. The number of pyridine rings is 1. The van der Waals surface area contributed by atoms with E-state index >= 15 is 0 Å². The molecule has 2 heterocycles. The van der Waals surface area contributed by atoms with Gasteiger partial charge in [0.15, 0.2) is 6.29 Å². The Hall–Kier alpha value is -2.23. The summed E-state index contributed by atoms with van der Waals surface area (Å²) < 4.78 is 0. The van der Waals surface area contributed by atoms with Crippen molar-refractivity contribution in [3.63, 3.8) is 0 Å². The number of nitrogens with zero attached hydrogens (tertiary/aromatic N) is 1.